The van der Waals surface area contributed by atoms with Gasteiger partial charge in [0.05, 0.1) is 0 Å². The van der Waals surface area contributed by atoms with Crippen molar-refractivity contribution in [3.05, 3.63) is 35.6 Å². The SMILES string of the molecule is NCC1CC(=O)NCC1c1ccccc1F. The van der Waals surface area contributed by atoms with E-state index >= 15 is 0 Å². The second-order valence-electron chi connectivity index (χ2n) is 4.13. The molecule has 4 heteroatoms. The third-order valence-corrected chi connectivity index (χ3v) is 3.14. The van der Waals surface area contributed by atoms with E-state index in [2.05, 4.69) is 5.32 Å². The molecule has 0 spiro atoms. The van der Waals surface area contributed by atoms with E-state index in [9.17, 15) is 9.18 Å². The summed E-state index contributed by atoms with van der Waals surface area (Å²) in [4.78, 5) is 11.2. The zero-order chi connectivity index (χ0) is 11.5. The highest BCUT2D eigenvalue weighted by atomic mass is 19.1. The molecule has 1 fully saturated rings. The highest BCUT2D eigenvalue weighted by Gasteiger charge is 2.30. The first-order valence-corrected chi connectivity index (χ1v) is 5.43. The largest absolute Gasteiger partial charge is 0.355 e. The Bertz CT molecular complexity index is 394. The van der Waals surface area contributed by atoms with Crippen LogP contribution in [0.25, 0.3) is 0 Å². The number of carbonyl (C=O) groups is 1. The number of hydrogen-bond acceptors (Lipinski definition) is 2. The Morgan fingerprint density at radius 3 is 2.88 bits per heavy atom. The Morgan fingerprint density at radius 2 is 2.19 bits per heavy atom. The van der Waals surface area contributed by atoms with Crippen molar-refractivity contribution in [2.24, 2.45) is 11.7 Å². The number of rotatable bonds is 2. The lowest BCUT2D eigenvalue weighted by molar-refractivity contribution is -0.123. The van der Waals surface area contributed by atoms with E-state index in [1.54, 1.807) is 12.1 Å². The molecule has 2 atom stereocenters. The third-order valence-electron chi connectivity index (χ3n) is 3.14. The maximum absolute atomic E-state index is 13.6. The van der Waals surface area contributed by atoms with Gasteiger partial charge in [0, 0.05) is 18.9 Å². The lowest BCUT2D eigenvalue weighted by Crippen LogP contribution is -2.42. The predicted octanol–water partition coefficient (Wildman–Crippen LogP) is 1.00. The van der Waals surface area contributed by atoms with Crippen molar-refractivity contribution in [2.45, 2.75) is 12.3 Å². The number of hydrogen-bond donors (Lipinski definition) is 2. The monoisotopic (exact) mass is 222 g/mol. The molecular weight excluding hydrogens is 207 g/mol. The summed E-state index contributed by atoms with van der Waals surface area (Å²) in [5.74, 6) is -0.195. The van der Waals surface area contributed by atoms with Crippen molar-refractivity contribution < 1.29 is 9.18 Å². The van der Waals surface area contributed by atoms with Gasteiger partial charge in [0.1, 0.15) is 5.82 Å². The first-order valence-electron chi connectivity index (χ1n) is 5.43. The minimum atomic E-state index is -0.220. The van der Waals surface area contributed by atoms with Gasteiger partial charge < -0.3 is 11.1 Å². The standard InChI is InChI=1S/C12H15FN2O/c13-11-4-2-1-3-9(11)10-7-15-12(16)5-8(10)6-14/h1-4,8,10H,5-7,14H2,(H,15,16). The minimum Gasteiger partial charge on any atom is -0.355 e. The van der Waals surface area contributed by atoms with Gasteiger partial charge in [0.25, 0.3) is 0 Å². The van der Waals surface area contributed by atoms with Crippen molar-refractivity contribution >= 4 is 5.91 Å². The third kappa shape index (κ3) is 2.07. The molecule has 0 aliphatic carbocycles. The van der Waals surface area contributed by atoms with Gasteiger partial charge in [0.15, 0.2) is 0 Å². The van der Waals surface area contributed by atoms with E-state index in [0.29, 0.717) is 25.1 Å². The Balaban J connectivity index is 2.26. The van der Waals surface area contributed by atoms with Crippen LogP contribution in [0, 0.1) is 11.7 Å². The van der Waals surface area contributed by atoms with E-state index in [-0.39, 0.29) is 23.6 Å². The van der Waals surface area contributed by atoms with Crippen molar-refractivity contribution in [1.82, 2.24) is 5.32 Å². The number of halogens is 1. The van der Waals surface area contributed by atoms with Crippen LogP contribution in [-0.2, 0) is 4.79 Å². The molecule has 1 aliphatic rings. The lowest BCUT2D eigenvalue weighted by atomic mass is 9.81. The van der Waals surface area contributed by atoms with Gasteiger partial charge in [-0.2, -0.15) is 0 Å². The lowest BCUT2D eigenvalue weighted by Gasteiger charge is -2.31. The molecule has 1 saturated heterocycles. The van der Waals surface area contributed by atoms with Crippen LogP contribution >= 0.6 is 0 Å². The van der Waals surface area contributed by atoms with Crippen molar-refractivity contribution in [2.75, 3.05) is 13.1 Å². The van der Waals surface area contributed by atoms with E-state index in [1.165, 1.54) is 6.07 Å². The quantitative estimate of drug-likeness (QED) is 0.784. The molecule has 2 rings (SSSR count). The van der Waals surface area contributed by atoms with Gasteiger partial charge in [-0.25, -0.2) is 4.39 Å². The molecule has 1 aromatic carbocycles. The number of piperidine rings is 1. The number of amides is 1. The van der Waals surface area contributed by atoms with Crippen LogP contribution in [0.1, 0.15) is 17.9 Å². The van der Waals surface area contributed by atoms with Gasteiger partial charge in [0.2, 0.25) is 5.91 Å². The molecule has 3 N–H and O–H groups in total. The van der Waals surface area contributed by atoms with Gasteiger partial charge in [-0.05, 0) is 24.1 Å². The summed E-state index contributed by atoms with van der Waals surface area (Å²) < 4.78 is 13.6. The van der Waals surface area contributed by atoms with Crippen LogP contribution in [0.15, 0.2) is 24.3 Å². The van der Waals surface area contributed by atoms with Crippen LogP contribution in [0.5, 0.6) is 0 Å². The second-order valence-corrected chi connectivity index (χ2v) is 4.13. The van der Waals surface area contributed by atoms with E-state index in [0.717, 1.165) is 0 Å². The van der Waals surface area contributed by atoms with E-state index in [1.807, 2.05) is 6.07 Å². The maximum atomic E-state index is 13.6. The molecule has 3 nitrogen and oxygen atoms in total. The molecule has 0 saturated carbocycles. The Labute approximate surface area is 93.8 Å². The van der Waals surface area contributed by atoms with Gasteiger partial charge in [-0.15, -0.1) is 0 Å². The molecule has 0 aromatic heterocycles. The number of benzene rings is 1. The molecule has 86 valence electrons. The number of carbonyl (C=O) groups excluding carboxylic acids is 1. The highest BCUT2D eigenvalue weighted by molar-refractivity contribution is 5.77. The molecule has 16 heavy (non-hydrogen) atoms. The Kier molecular flexibility index (Phi) is 3.19. The molecule has 1 amide bonds. The van der Waals surface area contributed by atoms with Crippen LogP contribution in [0.3, 0.4) is 0 Å². The fourth-order valence-corrected chi connectivity index (χ4v) is 2.23. The predicted molar refractivity (Wildman–Crippen MR) is 59.3 cm³/mol. The summed E-state index contributed by atoms with van der Waals surface area (Å²) in [6, 6.07) is 6.68. The van der Waals surface area contributed by atoms with E-state index in [4.69, 9.17) is 5.73 Å². The summed E-state index contributed by atoms with van der Waals surface area (Å²) in [6.45, 7) is 0.883. The highest BCUT2D eigenvalue weighted by Crippen LogP contribution is 2.30. The van der Waals surface area contributed by atoms with Crippen LogP contribution in [0.2, 0.25) is 0 Å². The number of nitrogens with one attached hydrogen (secondary N) is 1. The van der Waals surface area contributed by atoms with Crippen LogP contribution < -0.4 is 11.1 Å². The Morgan fingerprint density at radius 1 is 1.44 bits per heavy atom. The zero-order valence-corrected chi connectivity index (χ0v) is 8.95. The molecule has 1 aromatic rings. The summed E-state index contributed by atoms with van der Waals surface area (Å²) in [5.41, 5.74) is 6.29. The molecule has 0 bridgehead atoms. The maximum Gasteiger partial charge on any atom is 0.220 e. The van der Waals surface area contributed by atoms with Gasteiger partial charge in [-0.1, -0.05) is 18.2 Å². The number of nitrogens with two attached hydrogens (primary N) is 1. The summed E-state index contributed by atoms with van der Waals surface area (Å²) in [7, 11) is 0. The first kappa shape index (κ1) is 11.1. The Hall–Kier alpha value is -1.42. The van der Waals surface area contributed by atoms with Crippen molar-refractivity contribution in [3.8, 4) is 0 Å². The smallest absolute Gasteiger partial charge is 0.220 e. The first-order chi connectivity index (χ1) is 7.72. The summed E-state index contributed by atoms with van der Waals surface area (Å²) >= 11 is 0. The van der Waals surface area contributed by atoms with Crippen LogP contribution in [0.4, 0.5) is 4.39 Å². The van der Waals surface area contributed by atoms with Gasteiger partial charge >= 0.3 is 0 Å². The molecular formula is C12H15FN2O. The van der Waals surface area contributed by atoms with Crippen LogP contribution in [-0.4, -0.2) is 19.0 Å². The molecule has 1 heterocycles. The minimum absolute atomic E-state index is 0.00281. The van der Waals surface area contributed by atoms with Crippen molar-refractivity contribution in [1.29, 1.82) is 0 Å². The zero-order valence-electron chi connectivity index (χ0n) is 8.95. The summed E-state index contributed by atoms with van der Waals surface area (Å²) in [6.07, 6.45) is 0.384. The molecule has 2 unspecified atom stereocenters. The summed E-state index contributed by atoms with van der Waals surface area (Å²) in [5, 5.41) is 2.76. The molecule has 1 aliphatic heterocycles. The average molecular weight is 222 g/mol. The van der Waals surface area contributed by atoms with E-state index < -0.39 is 0 Å². The molecule has 0 radical (unpaired) electrons. The fourth-order valence-electron chi connectivity index (χ4n) is 2.23. The topological polar surface area (TPSA) is 55.1 Å². The second kappa shape index (κ2) is 4.61. The normalized spacial score (nSPS) is 25.2. The van der Waals surface area contributed by atoms with Crippen molar-refractivity contribution in [3.63, 3.8) is 0 Å². The van der Waals surface area contributed by atoms with Gasteiger partial charge in [-0.3, -0.25) is 4.79 Å². The average Bonchev–Trinajstić information content (AvgIpc) is 2.30. The fraction of sp³-hybridized carbons (Fsp3) is 0.417.